The summed E-state index contributed by atoms with van der Waals surface area (Å²) >= 11 is 12.1. The van der Waals surface area contributed by atoms with Crippen LogP contribution in [0.4, 0.5) is 0 Å². The number of nitriles is 1. The molecule has 1 aliphatic carbocycles. The first-order valence-corrected chi connectivity index (χ1v) is 13.3. The monoisotopic (exact) mass is 517 g/mol. The number of sulfone groups is 1. The zero-order valence-electron chi connectivity index (χ0n) is 18.3. The molecule has 1 aliphatic rings. The molecule has 0 aliphatic heterocycles. The molecular formula is C24H21Cl2N3O4S. The number of alkyl halides is 1. The molecule has 4 rings (SSSR count). The topological polar surface area (TPSA) is 102 Å². The quantitative estimate of drug-likeness (QED) is 0.315. The third-order valence-electron chi connectivity index (χ3n) is 5.51. The van der Waals surface area contributed by atoms with Crippen LogP contribution in [-0.2, 0) is 22.9 Å². The third kappa shape index (κ3) is 5.27. The first-order chi connectivity index (χ1) is 16.3. The molecule has 10 heteroatoms. The van der Waals surface area contributed by atoms with Gasteiger partial charge in [-0.1, -0.05) is 17.7 Å². The summed E-state index contributed by atoms with van der Waals surface area (Å²) in [6, 6.07) is 13.3. The number of fused-ring (bicyclic) bond motifs is 1. The van der Waals surface area contributed by atoms with Crippen LogP contribution in [0.5, 0.6) is 11.5 Å². The van der Waals surface area contributed by atoms with Crippen LogP contribution < -0.4 is 9.47 Å². The molecule has 7 nitrogen and oxygen atoms in total. The van der Waals surface area contributed by atoms with Gasteiger partial charge in [0.2, 0.25) is 15.0 Å². The van der Waals surface area contributed by atoms with Crippen molar-refractivity contribution in [2.75, 3.05) is 18.7 Å². The molecule has 0 N–H and O–H groups in total. The Morgan fingerprint density at radius 1 is 1.21 bits per heavy atom. The lowest BCUT2D eigenvalue weighted by Crippen LogP contribution is -2.07. The molecule has 0 spiro atoms. The highest BCUT2D eigenvalue weighted by molar-refractivity contribution is 7.90. The zero-order chi connectivity index (χ0) is 24.3. The highest BCUT2D eigenvalue weighted by Crippen LogP contribution is 2.42. The van der Waals surface area contributed by atoms with E-state index in [0.717, 1.165) is 35.8 Å². The van der Waals surface area contributed by atoms with E-state index < -0.39 is 9.84 Å². The van der Waals surface area contributed by atoms with Crippen molar-refractivity contribution >= 4 is 33.0 Å². The van der Waals surface area contributed by atoms with E-state index in [4.69, 9.17) is 32.7 Å². The summed E-state index contributed by atoms with van der Waals surface area (Å²) in [5.74, 6) is 1.44. The molecule has 0 amide bonds. The standard InChI is InChI=1S/C24H21Cl2N3O4S/c1-34(30,31)24-28-8-6-18(29-24)14-33-19-3-5-20-15(11-19)2-4-21(20)16-10-17(13-27)23(22(26)12-16)32-9-7-25/h3,5-6,8,10-12,21H,2,4,7,9,14H2,1H3. The van der Waals surface area contributed by atoms with Crippen molar-refractivity contribution in [3.63, 3.8) is 0 Å². The van der Waals surface area contributed by atoms with E-state index in [1.165, 1.54) is 6.20 Å². The maximum Gasteiger partial charge on any atom is 0.247 e. The van der Waals surface area contributed by atoms with Gasteiger partial charge in [-0.05, 0) is 59.9 Å². The Hall–Kier alpha value is -2.86. The van der Waals surface area contributed by atoms with E-state index in [0.29, 0.717) is 33.7 Å². The van der Waals surface area contributed by atoms with Crippen LogP contribution in [0.25, 0.3) is 0 Å². The zero-order valence-corrected chi connectivity index (χ0v) is 20.6. The van der Waals surface area contributed by atoms with Crippen molar-refractivity contribution in [2.24, 2.45) is 0 Å². The summed E-state index contributed by atoms with van der Waals surface area (Å²) in [4.78, 5) is 7.84. The van der Waals surface area contributed by atoms with Crippen LogP contribution in [-0.4, -0.2) is 37.1 Å². The van der Waals surface area contributed by atoms with E-state index in [1.54, 1.807) is 6.07 Å². The Morgan fingerprint density at radius 2 is 2.03 bits per heavy atom. The predicted molar refractivity (Wildman–Crippen MR) is 128 cm³/mol. The molecule has 176 valence electrons. The molecule has 1 aromatic heterocycles. The number of halogens is 2. The number of hydrogen-bond acceptors (Lipinski definition) is 7. The molecule has 34 heavy (non-hydrogen) atoms. The summed E-state index contributed by atoms with van der Waals surface area (Å²) < 4.78 is 34.7. The number of ether oxygens (including phenoxy) is 2. The van der Waals surface area contributed by atoms with Crippen LogP contribution in [0.15, 0.2) is 47.8 Å². The van der Waals surface area contributed by atoms with E-state index in [2.05, 4.69) is 16.0 Å². The highest BCUT2D eigenvalue weighted by Gasteiger charge is 2.26. The molecule has 0 fully saturated rings. The smallest absolute Gasteiger partial charge is 0.247 e. The van der Waals surface area contributed by atoms with Crippen LogP contribution in [0.3, 0.4) is 0 Å². The third-order valence-corrected chi connectivity index (χ3v) is 6.81. The van der Waals surface area contributed by atoms with Gasteiger partial charge < -0.3 is 9.47 Å². The second kappa shape index (κ2) is 10.2. The molecular weight excluding hydrogens is 497 g/mol. The molecule has 0 bridgehead atoms. The fraction of sp³-hybridized carbons (Fsp3) is 0.292. The average Bonchev–Trinajstić information content (AvgIpc) is 3.24. The highest BCUT2D eigenvalue weighted by atomic mass is 35.5. The van der Waals surface area contributed by atoms with Gasteiger partial charge in [0.25, 0.3) is 0 Å². The normalized spacial score (nSPS) is 14.9. The van der Waals surface area contributed by atoms with E-state index in [-0.39, 0.29) is 24.3 Å². The van der Waals surface area contributed by atoms with E-state index in [1.807, 2.05) is 30.3 Å². The lowest BCUT2D eigenvalue weighted by Gasteiger charge is -2.16. The lowest BCUT2D eigenvalue weighted by molar-refractivity contribution is 0.299. The number of rotatable bonds is 8. The minimum atomic E-state index is -3.49. The molecule has 1 unspecified atom stereocenters. The molecule has 0 radical (unpaired) electrons. The minimum absolute atomic E-state index is 0.106. The average molecular weight is 518 g/mol. The Bertz CT molecular complexity index is 1370. The van der Waals surface area contributed by atoms with Crippen molar-refractivity contribution in [1.82, 2.24) is 9.97 Å². The summed E-state index contributed by atoms with van der Waals surface area (Å²) in [6.07, 6.45) is 4.21. The maximum atomic E-state index is 11.7. The van der Waals surface area contributed by atoms with Crippen molar-refractivity contribution in [3.05, 3.63) is 75.6 Å². The maximum absolute atomic E-state index is 11.7. The van der Waals surface area contributed by atoms with Gasteiger partial charge in [0.1, 0.15) is 25.0 Å². The van der Waals surface area contributed by atoms with Crippen molar-refractivity contribution in [3.8, 4) is 17.6 Å². The van der Waals surface area contributed by atoms with E-state index in [9.17, 15) is 13.7 Å². The van der Waals surface area contributed by atoms with Gasteiger partial charge in [0, 0.05) is 18.4 Å². The fourth-order valence-electron chi connectivity index (χ4n) is 4.01. The molecule has 0 saturated heterocycles. The number of aromatic nitrogens is 2. The van der Waals surface area contributed by atoms with Crippen LogP contribution in [0.2, 0.25) is 5.02 Å². The summed E-state index contributed by atoms with van der Waals surface area (Å²) in [5.41, 5.74) is 4.13. The SMILES string of the molecule is CS(=O)(=O)c1nccc(COc2ccc3c(c2)CCC3c2cc(Cl)c(OCCCl)c(C#N)c2)n1. The van der Waals surface area contributed by atoms with Crippen molar-refractivity contribution in [2.45, 2.75) is 30.5 Å². The summed E-state index contributed by atoms with van der Waals surface area (Å²) in [7, 11) is -3.49. The van der Waals surface area contributed by atoms with Gasteiger partial charge in [0.05, 0.1) is 22.2 Å². The van der Waals surface area contributed by atoms with Crippen molar-refractivity contribution < 1.29 is 17.9 Å². The fourth-order valence-corrected chi connectivity index (χ4v) is 4.90. The lowest BCUT2D eigenvalue weighted by atomic mass is 9.91. The van der Waals surface area contributed by atoms with E-state index >= 15 is 0 Å². The van der Waals surface area contributed by atoms with Gasteiger partial charge in [-0.15, -0.1) is 11.6 Å². The number of aryl methyl sites for hydroxylation is 1. The van der Waals surface area contributed by atoms with Crippen LogP contribution >= 0.6 is 23.2 Å². The first kappa shape index (κ1) is 24.3. The molecule has 2 aromatic carbocycles. The molecule has 0 saturated carbocycles. The first-order valence-electron chi connectivity index (χ1n) is 10.5. The predicted octanol–water partition coefficient (Wildman–Crippen LogP) is 4.68. The number of hydrogen-bond donors (Lipinski definition) is 0. The second-order valence-corrected chi connectivity index (χ2v) is 10.6. The Kier molecular flexibility index (Phi) is 7.27. The minimum Gasteiger partial charge on any atom is -0.489 e. The number of benzene rings is 2. The van der Waals surface area contributed by atoms with Gasteiger partial charge in [-0.2, -0.15) is 5.26 Å². The summed E-state index contributed by atoms with van der Waals surface area (Å²) in [6.45, 7) is 0.396. The molecule has 1 heterocycles. The molecule has 3 aromatic rings. The molecule has 1 atom stereocenters. The summed E-state index contributed by atoms with van der Waals surface area (Å²) in [5, 5.41) is 9.75. The van der Waals surface area contributed by atoms with Gasteiger partial charge in [-0.25, -0.2) is 18.4 Å². The van der Waals surface area contributed by atoms with Gasteiger partial charge in [-0.3, -0.25) is 0 Å². The van der Waals surface area contributed by atoms with Crippen LogP contribution in [0.1, 0.15) is 40.3 Å². The van der Waals surface area contributed by atoms with Gasteiger partial charge >= 0.3 is 0 Å². The second-order valence-electron chi connectivity index (χ2n) is 7.87. The Morgan fingerprint density at radius 3 is 2.76 bits per heavy atom. The number of nitrogens with zero attached hydrogens (tertiary/aromatic N) is 3. The largest absolute Gasteiger partial charge is 0.489 e. The Labute approximate surface area is 208 Å². The Balaban J connectivity index is 1.52. The van der Waals surface area contributed by atoms with Gasteiger partial charge in [0.15, 0.2) is 5.75 Å². The van der Waals surface area contributed by atoms with Crippen LogP contribution in [0, 0.1) is 11.3 Å². The van der Waals surface area contributed by atoms with Crippen molar-refractivity contribution in [1.29, 1.82) is 5.26 Å².